The Labute approximate surface area is 107 Å². The summed E-state index contributed by atoms with van der Waals surface area (Å²) >= 11 is 5.89. The van der Waals surface area contributed by atoms with Crippen molar-refractivity contribution in [1.29, 1.82) is 0 Å². The predicted octanol–water partition coefficient (Wildman–Crippen LogP) is 3.19. The molecule has 2 rings (SSSR count). The minimum absolute atomic E-state index is 0.0212. The molecule has 7 heteroatoms. The normalized spacial score (nSPS) is 10.7. The van der Waals surface area contributed by atoms with Gasteiger partial charge in [0.25, 0.3) is 5.69 Å². The standard InChI is InChI=1S/C11H9ClFN3O2/c1-6-3-7(2)15(14-6)11-9(12)4-8(16(17)18)5-10(11)13/h3-5H,1-2H3. The molecule has 1 heterocycles. The first-order chi connectivity index (χ1) is 8.40. The fourth-order valence-corrected chi connectivity index (χ4v) is 2.00. The van der Waals surface area contributed by atoms with Crippen LogP contribution in [0.25, 0.3) is 5.69 Å². The minimum Gasteiger partial charge on any atom is -0.258 e. The second kappa shape index (κ2) is 4.38. The fraction of sp³-hybridized carbons (Fsp3) is 0.182. The third-order valence-electron chi connectivity index (χ3n) is 2.43. The van der Waals surface area contributed by atoms with E-state index in [-0.39, 0.29) is 16.4 Å². The topological polar surface area (TPSA) is 61.0 Å². The summed E-state index contributed by atoms with van der Waals surface area (Å²) in [5.74, 6) is -0.777. The van der Waals surface area contributed by atoms with Crippen LogP contribution in [0.5, 0.6) is 0 Å². The highest BCUT2D eigenvalue weighted by molar-refractivity contribution is 6.32. The third-order valence-corrected chi connectivity index (χ3v) is 2.72. The number of nitro benzene ring substituents is 1. The maximum atomic E-state index is 13.9. The number of non-ortho nitro benzene ring substituents is 1. The number of nitro groups is 1. The van der Waals surface area contributed by atoms with Crippen molar-refractivity contribution >= 4 is 17.3 Å². The average molecular weight is 270 g/mol. The SMILES string of the molecule is Cc1cc(C)n(-c2c(F)cc([N+](=O)[O-])cc2Cl)n1. The van der Waals surface area contributed by atoms with Gasteiger partial charge in [-0.05, 0) is 19.9 Å². The number of hydrogen-bond donors (Lipinski definition) is 0. The van der Waals surface area contributed by atoms with Gasteiger partial charge in [-0.3, -0.25) is 10.1 Å². The summed E-state index contributed by atoms with van der Waals surface area (Å²) in [6.45, 7) is 3.51. The molecule has 0 aliphatic carbocycles. The van der Waals surface area contributed by atoms with Crippen molar-refractivity contribution in [3.63, 3.8) is 0 Å². The van der Waals surface area contributed by atoms with E-state index in [4.69, 9.17) is 11.6 Å². The van der Waals surface area contributed by atoms with E-state index in [1.807, 2.05) is 0 Å². The van der Waals surface area contributed by atoms with E-state index in [0.717, 1.165) is 12.1 Å². The second-order valence-electron chi connectivity index (χ2n) is 3.85. The monoisotopic (exact) mass is 269 g/mol. The van der Waals surface area contributed by atoms with E-state index >= 15 is 0 Å². The van der Waals surface area contributed by atoms with Crippen LogP contribution < -0.4 is 0 Å². The number of benzene rings is 1. The van der Waals surface area contributed by atoms with Crippen LogP contribution in [0.1, 0.15) is 11.4 Å². The lowest BCUT2D eigenvalue weighted by molar-refractivity contribution is -0.385. The lowest BCUT2D eigenvalue weighted by Crippen LogP contribution is -2.04. The van der Waals surface area contributed by atoms with Crippen molar-refractivity contribution in [2.75, 3.05) is 0 Å². The quantitative estimate of drug-likeness (QED) is 0.621. The Morgan fingerprint density at radius 1 is 1.39 bits per heavy atom. The van der Waals surface area contributed by atoms with E-state index in [0.29, 0.717) is 11.4 Å². The van der Waals surface area contributed by atoms with Crippen molar-refractivity contribution in [2.24, 2.45) is 0 Å². The van der Waals surface area contributed by atoms with Gasteiger partial charge in [-0.15, -0.1) is 0 Å². The zero-order valence-corrected chi connectivity index (χ0v) is 10.4. The van der Waals surface area contributed by atoms with Gasteiger partial charge in [0.2, 0.25) is 0 Å². The van der Waals surface area contributed by atoms with Gasteiger partial charge in [0.15, 0.2) is 5.82 Å². The zero-order valence-electron chi connectivity index (χ0n) is 9.65. The first kappa shape index (κ1) is 12.5. The molecule has 1 aromatic carbocycles. The molecule has 94 valence electrons. The van der Waals surface area contributed by atoms with Gasteiger partial charge in [0.1, 0.15) is 5.69 Å². The van der Waals surface area contributed by atoms with Crippen LogP contribution >= 0.6 is 11.6 Å². The molecule has 0 saturated heterocycles. The maximum Gasteiger partial charge on any atom is 0.274 e. The zero-order chi connectivity index (χ0) is 13.4. The van der Waals surface area contributed by atoms with Crippen LogP contribution in [-0.4, -0.2) is 14.7 Å². The first-order valence-electron chi connectivity index (χ1n) is 5.07. The number of aromatic nitrogens is 2. The molecule has 0 amide bonds. The summed E-state index contributed by atoms with van der Waals surface area (Å²) in [6, 6.07) is 3.70. The van der Waals surface area contributed by atoms with E-state index in [1.54, 1.807) is 19.9 Å². The molecule has 0 unspecified atom stereocenters. The van der Waals surface area contributed by atoms with Gasteiger partial charge in [0, 0.05) is 11.8 Å². The molecule has 0 atom stereocenters. The van der Waals surface area contributed by atoms with E-state index in [9.17, 15) is 14.5 Å². The maximum absolute atomic E-state index is 13.9. The second-order valence-corrected chi connectivity index (χ2v) is 4.26. The van der Waals surface area contributed by atoms with Crippen LogP contribution in [0.15, 0.2) is 18.2 Å². The van der Waals surface area contributed by atoms with Crippen molar-refractivity contribution in [3.8, 4) is 5.69 Å². The Bertz CT molecular complexity index is 616. The van der Waals surface area contributed by atoms with Crippen LogP contribution in [0, 0.1) is 29.8 Å². The molecule has 0 saturated carbocycles. The van der Waals surface area contributed by atoms with Crippen molar-refractivity contribution in [3.05, 3.63) is 50.5 Å². The summed E-state index contributed by atoms with van der Waals surface area (Å²) in [5.41, 5.74) is 1.04. The Hall–Kier alpha value is -1.95. The number of nitrogens with zero attached hydrogens (tertiary/aromatic N) is 3. The molecule has 18 heavy (non-hydrogen) atoms. The molecule has 1 aromatic heterocycles. The van der Waals surface area contributed by atoms with Crippen molar-refractivity contribution in [1.82, 2.24) is 9.78 Å². The molecule has 0 aliphatic heterocycles. The van der Waals surface area contributed by atoms with Crippen molar-refractivity contribution < 1.29 is 9.31 Å². The van der Waals surface area contributed by atoms with Crippen LogP contribution in [0.3, 0.4) is 0 Å². The van der Waals surface area contributed by atoms with Gasteiger partial charge >= 0.3 is 0 Å². The van der Waals surface area contributed by atoms with E-state index < -0.39 is 10.7 Å². The fourth-order valence-electron chi connectivity index (χ4n) is 1.72. The number of hydrogen-bond acceptors (Lipinski definition) is 3. The summed E-state index contributed by atoms with van der Waals surface area (Å²) < 4.78 is 15.2. The first-order valence-corrected chi connectivity index (χ1v) is 5.45. The van der Waals surface area contributed by atoms with Crippen LogP contribution in [0.4, 0.5) is 10.1 Å². The molecule has 5 nitrogen and oxygen atoms in total. The minimum atomic E-state index is -0.777. The van der Waals surface area contributed by atoms with Gasteiger partial charge in [0.05, 0.1) is 21.7 Å². The third kappa shape index (κ3) is 2.06. The number of rotatable bonds is 2. The Kier molecular flexibility index (Phi) is 3.04. The van der Waals surface area contributed by atoms with E-state index in [2.05, 4.69) is 5.10 Å². The Balaban J connectivity index is 2.66. The van der Waals surface area contributed by atoms with Gasteiger partial charge in [-0.2, -0.15) is 5.10 Å². The molecular formula is C11H9ClFN3O2. The van der Waals surface area contributed by atoms with E-state index in [1.165, 1.54) is 4.68 Å². The summed E-state index contributed by atoms with van der Waals surface area (Å²) in [4.78, 5) is 9.89. The lowest BCUT2D eigenvalue weighted by Gasteiger charge is -2.08. The molecule has 2 aromatic rings. The summed E-state index contributed by atoms with van der Waals surface area (Å²) in [7, 11) is 0. The van der Waals surface area contributed by atoms with Crippen LogP contribution in [-0.2, 0) is 0 Å². The van der Waals surface area contributed by atoms with Gasteiger partial charge < -0.3 is 0 Å². The highest BCUT2D eigenvalue weighted by Gasteiger charge is 2.18. The average Bonchev–Trinajstić information content (AvgIpc) is 2.56. The highest BCUT2D eigenvalue weighted by atomic mass is 35.5. The molecule has 0 aliphatic rings. The Morgan fingerprint density at radius 3 is 2.50 bits per heavy atom. The van der Waals surface area contributed by atoms with Gasteiger partial charge in [-0.1, -0.05) is 11.6 Å². The molecule has 0 fully saturated rings. The van der Waals surface area contributed by atoms with Crippen molar-refractivity contribution in [2.45, 2.75) is 13.8 Å². The smallest absolute Gasteiger partial charge is 0.258 e. The molecule has 0 spiro atoms. The number of halogens is 2. The number of aryl methyl sites for hydroxylation is 2. The molecule has 0 radical (unpaired) electrons. The van der Waals surface area contributed by atoms with Gasteiger partial charge in [-0.25, -0.2) is 9.07 Å². The molecular weight excluding hydrogens is 261 g/mol. The molecule has 0 bridgehead atoms. The highest BCUT2D eigenvalue weighted by Crippen LogP contribution is 2.29. The lowest BCUT2D eigenvalue weighted by atomic mass is 10.2. The summed E-state index contributed by atoms with van der Waals surface area (Å²) in [6.07, 6.45) is 0. The van der Waals surface area contributed by atoms with Crippen LogP contribution in [0.2, 0.25) is 5.02 Å². The summed E-state index contributed by atoms with van der Waals surface area (Å²) in [5, 5.41) is 14.6. The predicted molar refractivity (Wildman–Crippen MR) is 64.7 cm³/mol. The molecule has 0 N–H and O–H groups in total. The Morgan fingerprint density at radius 2 is 2.06 bits per heavy atom. The largest absolute Gasteiger partial charge is 0.274 e.